The highest BCUT2D eigenvalue weighted by atomic mass is 35.5. The third-order valence-corrected chi connectivity index (χ3v) is 6.35. The van der Waals surface area contributed by atoms with Gasteiger partial charge < -0.3 is 29.5 Å². The zero-order valence-corrected chi connectivity index (χ0v) is 19.8. The van der Waals surface area contributed by atoms with Crippen LogP contribution in [0.2, 0.25) is 5.02 Å². The van der Waals surface area contributed by atoms with Crippen molar-refractivity contribution < 1.29 is 37.9 Å². The molecule has 2 aromatic carbocycles. The normalized spacial score (nSPS) is 25.7. The first-order valence-corrected chi connectivity index (χ1v) is 12.5. The molecule has 3 rings (SSSR count). The average molecular weight is 502 g/mol. The number of ether oxygens (including phenoxy) is 3. The molecule has 1 saturated heterocycles. The van der Waals surface area contributed by atoms with Crippen molar-refractivity contribution in [3.63, 3.8) is 0 Å². The van der Waals surface area contributed by atoms with E-state index in [9.17, 15) is 23.7 Å². The van der Waals surface area contributed by atoms with E-state index in [2.05, 4.69) is 4.72 Å². The van der Waals surface area contributed by atoms with E-state index in [1.807, 2.05) is 12.1 Å². The summed E-state index contributed by atoms with van der Waals surface area (Å²) >= 11 is 6.38. The van der Waals surface area contributed by atoms with Crippen LogP contribution in [-0.4, -0.2) is 74.9 Å². The molecule has 0 aromatic heterocycles. The van der Waals surface area contributed by atoms with Crippen LogP contribution >= 0.6 is 11.6 Å². The topological polar surface area (TPSA) is 135 Å². The van der Waals surface area contributed by atoms with Gasteiger partial charge in [0.1, 0.15) is 36.8 Å². The van der Waals surface area contributed by atoms with Crippen molar-refractivity contribution in [2.75, 3.05) is 26.5 Å². The fraction of sp³-hybridized carbons (Fsp3) is 0.455. The minimum absolute atomic E-state index is 0.174. The number of aliphatic hydroxyl groups is 3. The van der Waals surface area contributed by atoms with E-state index >= 15 is 0 Å². The molecular formula is C22H28ClNO8S. The Hall–Kier alpha value is -1.76. The van der Waals surface area contributed by atoms with Crippen LogP contribution in [0.5, 0.6) is 5.75 Å². The van der Waals surface area contributed by atoms with E-state index in [-0.39, 0.29) is 13.2 Å². The molecule has 9 nitrogen and oxygen atoms in total. The van der Waals surface area contributed by atoms with Gasteiger partial charge in [0.05, 0.1) is 6.26 Å². The number of aliphatic hydroxyl groups excluding tert-OH is 3. The first kappa shape index (κ1) is 25.9. The second-order valence-electron chi connectivity index (χ2n) is 7.82. The zero-order chi connectivity index (χ0) is 24.2. The van der Waals surface area contributed by atoms with Gasteiger partial charge in [-0.05, 0) is 41.3 Å². The van der Waals surface area contributed by atoms with Gasteiger partial charge in [0.2, 0.25) is 10.0 Å². The second kappa shape index (κ2) is 11.1. The molecule has 11 heteroatoms. The van der Waals surface area contributed by atoms with Crippen molar-refractivity contribution in [2.24, 2.45) is 0 Å². The smallest absolute Gasteiger partial charge is 0.208 e. The lowest BCUT2D eigenvalue weighted by Crippen LogP contribution is -2.54. The standard InChI is InChI=1S/C22H28ClNO8S/c1-30-22-20(27)18(25)19(26)21(32-22)14-5-8-17(23)15(12-14)11-13-3-6-16(7-4-13)31-10-9-24-33(2,28)29/h3-8,12,18-22,24-27H,9-11H2,1-2H3/t18-,19+,20+,21+,22+/m1/s1. The van der Waals surface area contributed by atoms with Crippen LogP contribution in [0.1, 0.15) is 22.8 Å². The van der Waals surface area contributed by atoms with Gasteiger partial charge in [0.25, 0.3) is 0 Å². The highest BCUT2D eigenvalue weighted by Crippen LogP contribution is 2.34. The number of hydrogen-bond donors (Lipinski definition) is 4. The molecule has 1 heterocycles. The van der Waals surface area contributed by atoms with Gasteiger partial charge in [0, 0.05) is 18.7 Å². The van der Waals surface area contributed by atoms with E-state index in [0.717, 1.165) is 17.4 Å². The van der Waals surface area contributed by atoms with E-state index < -0.39 is 40.7 Å². The molecule has 0 spiro atoms. The number of benzene rings is 2. The molecule has 5 atom stereocenters. The van der Waals surface area contributed by atoms with E-state index in [4.69, 9.17) is 25.8 Å². The maximum absolute atomic E-state index is 11.1. The van der Waals surface area contributed by atoms with Crippen LogP contribution < -0.4 is 9.46 Å². The van der Waals surface area contributed by atoms with E-state index in [1.54, 1.807) is 30.3 Å². The first-order valence-electron chi connectivity index (χ1n) is 10.3. The minimum Gasteiger partial charge on any atom is -0.492 e. The predicted molar refractivity (Wildman–Crippen MR) is 122 cm³/mol. The molecular weight excluding hydrogens is 474 g/mol. The lowest BCUT2D eigenvalue weighted by Gasteiger charge is -2.40. The summed E-state index contributed by atoms with van der Waals surface area (Å²) in [6.07, 6.45) is -4.53. The molecule has 33 heavy (non-hydrogen) atoms. The van der Waals surface area contributed by atoms with E-state index in [1.165, 1.54) is 7.11 Å². The molecule has 0 saturated carbocycles. The number of hydrogen-bond acceptors (Lipinski definition) is 8. The van der Waals surface area contributed by atoms with Gasteiger partial charge >= 0.3 is 0 Å². The fourth-order valence-corrected chi connectivity index (χ4v) is 4.18. The van der Waals surface area contributed by atoms with Crippen LogP contribution in [0.25, 0.3) is 0 Å². The van der Waals surface area contributed by atoms with Crippen molar-refractivity contribution in [3.05, 3.63) is 64.2 Å². The lowest BCUT2D eigenvalue weighted by atomic mass is 9.92. The Balaban J connectivity index is 1.67. The Morgan fingerprint density at radius 1 is 1.06 bits per heavy atom. The summed E-state index contributed by atoms with van der Waals surface area (Å²) < 4.78 is 40.7. The van der Waals surface area contributed by atoms with Gasteiger partial charge in [-0.25, -0.2) is 13.1 Å². The quantitative estimate of drug-likeness (QED) is 0.374. The van der Waals surface area contributed by atoms with Crippen molar-refractivity contribution >= 4 is 21.6 Å². The van der Waals surface area contributed by atoms with Crippen molar-refractivity contribution in [2.45, 2.75) is 37.1 Å². The Bertz CT molecular complexity index is 1030. The summed E-state index contributed by atoms with van der Waals surface area (Å²) in [5.74, 6) is 0.603. The second-order valence-corrected chi connectivity index (χ2v) is 10.1. The summed E-state index contributed by atoms with van der Waals surface area (Å²) in [7, 11) is -1.90. The highest BCUT2D eigenvalue weighted by Gasteiger charge is 2.44. The maximum Gasteiger partial charge on any atom is 0.208 e. The molecule has 1 fully saturated rings. The summed E-state index contributed by atoms with van der Waals surface area (Å²) in [6.45, 7) is 0.376. The zero-order valence-electron chi connectivity index (χ0n) is 18.2. The molecule has 0 radical (unpaired) electrons. The summed E-state index contributed by atoms with van der Waals surface area (Å²) in [5, 5.41) is 31.1. The molecule has 0 unspecified atom stereocenters. The molecule has 182 valence electrons. The van der Waals surface area contributed by atoms with E-state index in [0.29, 0.717) is 22.8 Å². The molecule has 2 aromatic rings. The monoisotopic (exact) mass is 501 g/mol. The summed E-state index contributed by atoms with van der Waals surface area (Å²) in [6, 6.07) is 12.5. The van der Waals surface area contributed by atoms with Crippen LogP contribution in [0, 0.1) is 0 Å². The molecule has 0 bridgehead atoms. The summed E-state index contributed by atoms with van der Waals surface area (Å²) in [5.41, 5.74) is 2.32. The molecule has 1 aliphatic rings. The SMILES string of the molecule is CO[C@H]1O[C@@H](c2ccc(Cl)c(Cc3ccc(OCCNS(C)(=O)=O)cc3)c2)[C@@H](O)[C@@H](O)[C@@H]1O. The Labute approximate surface area is 197 Å². The van der Waals surface area contributed by atoms with Crippen molar-refractivity contribution in [1.29, 1.82) is 0 Å². The molecule has 0 amide bonds. The van der Waals surface area contributed by atoms with Crippen LogP contribution in [0.4, 0.5) is 0 Å². The lowest BCUT2D eigenvalue weighted by molar-refractivity contribution is -0.292. The third kappa shape index (κ3) is 6.87. The van der Waals surface area contributed by atoms with Gasteiger partial charge in [-0.3, -0.25) is 0 Å². The van der Waals surface area contributed by atoms with Gasteiger partial charge in [-0.1, -0.05) is 35.9 Å². The van der Waals surface area contributed by atoms with Gasteiger partial charge in [0.15, 0.2) is 6.29 Å². The van der Waals surface area contributed by atoms with Crippen LogP contribution in [-0.2, 0) is 25.9 Å². The van der Waals surface area contributed by atoms with Crippen molar-refractivity contribution in [1.82, 2.24) is 4.72 Å². The largest absolute Gasteiger partial charge is 0.492 e. The number of rotatable bonds is 9. The highest BCUT2D eigenvalue weighted by molar-refractivity contribution is 7.88. The Morgan fingerprint density at radius 3 is 2.39 bits per heavy atom. The predicted octanol–water partition coefficient (Wildman–Crippen LogP) is 0.985. The van der Waals surface area contributed by atoms with Crippen LogP contribution in [0.3, 0.4) is 0 Å². The number of nitrogens with one attached hydrogen (secondary N) is 1. The maximum atomic E-state index is 11.1. The van der Waals surface area contributed by atoms with Crippen molar-refractivity contribution in [3.8, 4) is 5.75 Å². The average Bonchev–Trinajstić information content (AvgIpc) is 2.77. The van der Waals surface area contributed by atoms with Gasteiger partial charge in [-0.15, -0.1) is 0 Å². The first-order chi connectivity index (χ1) is 15.6. The third-order valence-electron chi connectivity index (χ3n) is 5.25. The number of sulfonamides is 1. The molecule has 0 aliphatic carbocycles. The molecule has 4 N–H and O–H groups in total. The summed E-state index contributed by atoms with van der Waals surface area (Å²) in [4.78, 5) is 0. The van der Waals surface area contributed by atoms with Crippen LogP contribution in [0.15, 0.2) is 42.5 Å². The number of halogens is 1. The Kier molecular flexibility index (Phi) is 8.70. The Morgan fingerprint density at radius 2 is 1.76 bits per heavy atom. The van der Waals surface area contributed by atoms with Gasteiger partial charge in [-0.2, -0.15) is 0 Å². The number of methoxy groups -OCH3 is 1. The fourth-order valence-electron chi connectivity index (χ4n) is 3.54. The molecule has 1 aliphatic heterocycles. The minimum atomic E-state index is -3.25.